The van der Waals surface area contributed by atoms with Crippen molar-refractivity contribution in [1.82, 2.24) is 5.32 Å². The summed E-state index contributed by atoms with van der Waals surface area (Å²) in [6.07, 6.45) is 0.0319. The summed E-state index contributed by atoms with van der Waals surface area (Å²) in [6.45, 7) is -0.0516. The summed E-state index contributed by atoms with van der Waals surface area (Å²) in [5.74, 6) is -0.736. The van der Waals surface area contributed by atoms with Crippen LogP contribution in [0.2, 0.25) is 0 Å². The van der Waals surface area contributed by atoms with Crippen LogP contribution in [-0.2, 0) is 9.59 Å². The number of hydrogen-bond donors (Lipinski definition) is 2. The van der Waals surface area contributed by atoms with E-state index in [2.05, 4.69) is 10.6 Å². The van der Waals surface area contributed by atoms with Gasteiger partial charge in [0.1, 0.15) is 6.54 Å². The molecule has 0 saturated carbocycles. The molecule has 0 saturated heterocycles. The Kier molecular flexibility index (Phi) is 5.57. The van der Waals surface area contributed by atoms with Crippen molar-refractivity contribution >= 4 is 29.1 Å². The smallest absolute Gasteiger partial charge is 0.251 e. The highest BCUT2D eigenvalue weighted by Crippen LogP contribution is 2.30. The second kappa shape index (κ2) is 8.61. The lowest BCUT2D eigenvalue weighted by Crippen LogP contribution is -2.43. The molecule has 0 fully saturated rings. The van der Waals surface area contributed by atoms with E-state index in [-0.39, 0.29) is 30.7 Å². The zero-order valence-corrected chi connectivity index (χ0v) is 16.2. The minimum atomic E-state index is -0.524. The van der Waals surface area contributed by atoms with Crippen molar-refractivity contribution in [2.45, 2.75) is 12.5 Å². The Labute approximate surface area is 174 Å². The van der Waals surface area contributed by atoms with E-state index in [1.807, 2.05) is 42.5 Å². The molecule has 0 radical (unpaired) electrons. The van der Waals surface area contributed by atoms with Gasteiger partial charge >= 0.3 is 0 Å². The van der Waals surface area contributed by atoms with Crippen LogP contribution in [0, 0.1) is 0 Å². The third-order valence-electron chi connectivity index (χ3n) is 4.99. The Morgan fingerprint density at radius 2 is 1.53 bits per heavy atom. The van der Waals surface area contributed by atoms with Crippen molar-refractivity contribution in [3.63, 3.8) is 0 Å². The van der Waals surface area contributed by atoms with E-state index >= 15 is 0 Å². The largest absolute Gasteiger partial charge is 0.345 e. The molecule has 4 rings (SSSR count). The van der Waals surface area contributed by atoms with Crippen LogP contribution in [0.5, 0.6) is 0 Å². The Morgan fingerprint density at radius 3 is 2.27 bits per heavy atom. The zero-order chi connectivity index (χ0) is 20.9. The van der Waals surface area contributed by atoms with Gasteiger partial charge in [-0.1, -0.05) is 60.7 Å². The van der Waals surface area contributed by atoms with E-state index in [9.17, 15) is 14.4 Å². The molecule has 0 spiro atoms. The highest BCUT2D eigenvalue weighted by Gasteiger charge is 2.29. The number of carbonyl (C=O) groups is 3. The van der Waals surface area contributed by atoms with Crippen LogP contribution in [0.3, 0.4) is 0 Å². The number of para-hydroxylation sites is 2. The Morgan fingerprint density at radius 1 is 0.900 bits per heavy atom. The molecule has 2 N–H and O–H groups in total. The maximum Gasteiger partial charge on any atom is 0.251 e. The van der Waals surface area contributed by atoms with Gasteiger partial charge in [0.2, 0.25) is 11.8 Å². The topological polar surface area (TPSA) is 78.5 Å². The van der Waals surface area contributed by atoms with Gasteiger partial charge in [0.05, 0.1) is 23.8 Å². The van der Waals surface area contributed by atoms with Gasteiger partial charge in [0, 0.05) is 5.56 Å². The van der Waals surface area contributed by atoms with Gasteiger partial charge in [-0.15, -0.1) is 0 Å². The van der Waals surface area contributed by atoms with Crippen molar-refractivity contribution in [1.29, 1.82) is 0 Å². The predicted molar refractivity (Wildman–Crippen MR) is 115 cm³/mol. The molecule has 30 heavy (non-hydrogen) atoms. The summed E-state index contributed by atoms with van der Waals surface area (Å²) >= 11 is 0. The lowest BCUT2D eigenvalue weighted by molar-refractivity contribution is -0.122. The highest BCUT2D eigenvalue weighted by molar-refractivity contribution is 6.10. The molecular weight excluding hydrogens is 378 g/mol. The van der Waals surface area contributed by atoms with E-state index < -0.39 is 6.04 Å². The molecule has 1 heterocycles. The number of amides is 3. The fourth-order valence-electron chi connectivity index (χ4n) is 3.51. The number of anilines is 2. The van der Waals surface area contributed by atoms with Gasteiger partial charge in [0.25, 0.3) is 5.91 Å². The maximum atomic E-state index is 13.2. The minimum Gasteiger partial charge on any atom is -0.345 e. The summed E-state index contributed by atoms with van der Waals surface area (Å²) in [6, 6.07) is 24.9. The van der Waals surface area contributed by atoms with Crippen LogP contribution >= 0.6 is 0 Å². The number of fused-ring (bicyclic) bond motifs is 1. The third kappa shape index (κ3) is 4.22. The molecule has 1 unspecified atom stereocenters. The molecule has 1 atom stereocenters. The standard InChI is InChI=1S/C24H21N3O3/c28-22-16-27(21-14-8-7-13-19(21)25-22)23(29)15-20(17-9-3-1-4-10-17)26-24(30)18-11-5-2-6-12-18/h1-14,20H,15-16H2,(H,25,28)(H,26,30). The predicted octanol–water partition coefficient (Wildman–Crippen LogP) is 3.53. The minimum absolute atomic E-state index is 0.0319. The van der Waals surface area contributed by atoms with Gasteiger partial charge in [-0.3, -0.25) is 14.4 Å². The molecule has 1 aliphatic rings. The SMILES string of the molecule is O=C1CN(C(=O)CC(NC(=O)c2ccccc2)c2ccccc2)c2ccccc2N1. The molecule has 3 amide bonds. The van der Waals surface area contributed by atoms with Crippen LogP contribution in [0.25, 0.3) is 0 Å². The summed E-state index contributed by atoms with van der Waals surface area (Å²) < 4.78 is 0. The summed E-state index contributed by atoms with van der Waals surface area (Å²) in [4.78, 5) is 39.5. The molecule has 0 aromatic heterocycles. The van der Waals surface area contributed by atoms with E-state index in [4.69, 9.17) is 0 Å². The summed E-state index contributed by atoms with van der Waals surface area (Å²) in [5.41, 5.74) is 2.61. The third-order valence-corrected chi connectivity index (χ3v) is 4.99. The monoisotopic (exact) mass is 399 g/mol. The van der Waals surface area contributed by atoms with E-state index in [0.717, 1.165) is 5.56 Å². The number of benzene rings is 3. The van der Waals surface area contributed by atoms with Crippen LogP contribution in [0.15, 0.2) is 84.9 Å². The summed E-state index contributed by atoms with van der Waals surface area (Å²) in [7, 11) is 0. The molecular formula is C24H21N3O3. The molecule has 6 nitrogen and oxygen atoms in total. The molecule has 150 valence electrons. The van der Waals surface area contributed by atoms with Gasteiger partial charge in [0.15, 0.2) is 0 Å². The van der Waals surface area contributed by atoms with Gasteiger partial charge in [-0.2, -0.15) is 0 Å². The molecule has 6 heteroatoms. The fourth-order valence-corrected chi connectivity index (χ4v) is 3.51. The molecule has 0 aliphatic carbocycles. The number of nitrogens with one attached hydrogen (secondary N) is 2. The van der Waals surface area contributed by atoms with Crippen molar-refractivity contribution in [3.8, 4) is 0 Å². The number of hydrogen-bond acceptors (Lipinski definition) is 3. The van der Waals surface area contributed by atoms with Crippen LogP contribution in [0.1, 0.15) is 28.4 Å². The van der Waals surface area contributed by atoms with Crippen LogP contribution in [0.4, 0.5) is 11.4 Å². The van der Waals surface area contributed by atoms with E-state index in [1.54, 1.807) is 42.5 Å². The van der Waals surface area contributed by atoms with E-state index in [1.165, 1.54) is 4.90 Å². The Bertz CT molecular complexity index is 1070. The average Bonchev–Trinajstić information content (AvgIpc) is 2.79. The second-order valence-electron chi connectivity index (χ2n) is 7.05. The van der Waals surface area contributed by atoms with Crippen molar-refractivity contribution < 1.29 is 14.4 Å². The number of carbonyl (C=O) groups excluding carboxylic acids is 3. The number of nitrogens with zero attached hydrogens (tertiary/aromatic N) is 1. The van der Waals surface area contributed by atoms with E-state index in [0.29, 0.717) is 16.9 Å². The van der Waals surface area contributed by atoms with Crippen molar-refractivity contribution in [2.75, 3.05) is 16.8 Å². The normalized spacial score (nSPS) is 13.7. The highest BCUT2D eigenvalue weighted by atomic mass is 16.2. The van der Waals surface area contributed by atoms with Gasteiger partial charge in [-0.05, 0) is 29.8 Å². The first-order chi connectivity index (χ1) is 14.6. The van der Waals surface area contributed by atoms with Crippen molar-refractivity contribution in [2.24, 2.45) is 0 Å². The molecule has 1 aliphatic heterocycles. The Hall–Kier alpha value is -3.93. The number of rotatable bonds is 5. The molecule has 0 bridgehead atoms. The quantitative estimate of drug-likeness (QED) is 0.689. The lowest BCUT2D eigenvalue weighted by Gasteiger charge is -2.30. The molecule has 3 aromatic carbocycles. The van der Waals surface area contributed by atoms with Crippen LogP contribution < -0.4 is 15.5 Å². The Balaban J connectivity index is 1.58. The van der Waals surface area contributed by atoms with Gasteiger partial charge in [-0.25, -0.2) is 0 Å². The second-order valence-corrected chi connectivity index (χ2v) is 7.05. The molecule has 3 aromatic rings. The van der Waals surface area contributed by atoms with Crippen LogP contribution in [-0.4, -0.2) is 24.3 Å². The first-order valence-corrected chi connectivity index (χ1v) is 9.72. The average molecular weight is 399 g/mol. The first kappa shape index (κ1) is 19.4. The maximum absolute atomic E-state index is 13.2. The first-order valence-electron chi connectivity index (χ1n) is 9.72. The lowest BCUT2D eigenvalue weighted by atomic mass is 10.0. The summed E-state index contributed by atoms with van der Waals surface area (Å²) in [5, 5.41) is 5.75. The van der Waals surface area contributed by atoms with Gasteiger partial charge < -0.3 is 15.5 Å². The zero-order valence-electron chi connectivity index (χ0n) is 16.2. The van der Waals surface area contributed by atoms with Crippen molar-refractivity contribution in [3.05, 3.63) is 96.1 Å². The fraction of sp³-hybridized carbons (Fsp3) is 0.125.